The number of nitrogens with two attached hydrogens (primary N) is 2. The molecule has 37 heavy (non-hydrogen) atoms. The monoisotopic (exact) mass is 515 g/mol. The smallest absolute Gasteiger partial charge is 0.327 e. The van der Waals surface area contributed by atoms with Gasteiger partial charge in [0.05, 0.1) is 18.7 Å². The van der Waals surface area contributed by atoms with E-state index in [1.165, 1.54) is 23.8 Å². The molecule has 1 aliphatic carbocycles. The second-order valence-electron chi connectivity index (χ2n) is 9.80. The molecule has 0 amide bonds. The number of allylic oxidation sites excluding steroid dienone is 5. The van der Waals surface area contributed by atoms with E-state index in [1.54, 1.807) is 0 Å². The molecule has 1 aromatic heterocycles. The number of hydrogen-bond acceptors (Lipinski definition) is 5. The van der Waals surface area contributed by atoms with Gasteiger partial charge in [-0.2, -0.15) is 0 Å². The molecule has 0 saturated carbocycles. The summed E-state index contributed by atoms with van der Waals surface area (Å²) in [6.07, 6.45) is 7.72. The van der Waals surface area contributed by atoms with Crippen LogP contribution in [0.5, 0.6) is 5.75 Å². The van der Waals surface area contributed by atoms with Gasteiger partial charge in [-0.15, -0.1) is 0 Å². The largest absolute Gasteiger partial charge is 0.494 e. The lowest BCUT2D eigenvalue weighted by molar-refractivity contribution is -0.149. The number of benzene rings is 1. The predicted octanol–water partition coefficient (Wildman–Crippen LogP) is 5.74. The molecule has 202 valence electrons. The van der Waals surface area contributed by atoms with Crippen LogP contribution >= 0.6 is 0 Å². The van der Waals surface area contributed by atoms with E-state index in [0.29, 0.717) is 5.75 Å². The molecule has 0 spiro atoms. The number of nitrogens with zero attached hydrogens (tertiary/aromatic N) is 1. The zero-order valence-electron chi connectivity index (χ0n) is 21.9. The Labute approximate surface area is 218 Å². The van der Waals surface area contributed by atoms with Gasteiger partial charge in [-0.25, -0.2) is 8.78 Å². The Morgan fingerprint density at radius 3 is 2.51 bits per heavy atom. The first kappa shape index (κ1) is 28.6. The third-order valence-corrected chi connectivity index (χ3v) is 6.73. The highest BCUT2D eigenvalue weighted by Crippen LogP contribution is 2.33. The van der Waals surface area contributed by atoms with Crippen molar-refractivity contribution in [3.8, 4) is 5.75 Å². The number of carbonyl (C=O) groups excluding carboxylic acids is 1. The van der Waals surface area contributed by atoms with Crippen molar-refractivity contribution in [2.45, 2.75) is 70.4 Å². The minimum Gasteiger partial charge on any atom is -0.494 e. The summed E-state index contributed by atoms with van der Waals surface area (Å²) < 4.78 is 41.6. The molecule has 6 nitrogen and oxygen atoms in total. The van der Waals surface area contributed by atoms with Crippen molar-refractivity contribution < 1.29 is 23.0 Å². The van der Waals surface area contributed by atoms with Crippen molar-refractivity contribution in [2.75, 3.05) is 19.8 Å². The van der Waals surface area contributed by atoms with E-state index >= 15 is 0 Å². The lowest BCUT2D eigenvalue weighted by Gasteiger charge is -2.21. The summed E-state index contributed by atoms with van der Waals surface area (Å²) in [5.74, 6) is -2.88. The topological polar surface area (TPSA) is 92.5 Å². The van der Waals surface area contributed by atoms with E-state index in [4.69, 9.17) is 20.9 Å². The summed E-state index contributed by atoms with van der Waals surface area (Å²) in [6.45, 7) is 8.24. The van der Waals surface area contributed by atoms with Crippen LogP contribution in [0, 0.1) is 0 Å². The molecule has 1 aliphatic rings. The van der Waals surface area contributed by atoms with Crippen molar-refractivity contribution in [1.29, 1.82) is 0 Å². The standard InChI is InChI=1S/C29H39F2N3O3/c1-4-21-8-10-22(11-9-21)25-18-23-12-13-24(19-26(23)34(25)5-2)36-16-6-14-29(30,31)15-7-17-37-27(35)28(3,33)20-32/h4,8,10,12-13,18-19H,1,5-7,9,11,14-17,20,32-33H2,2-3H3. The number of halogens is 2. The molecule has 0 aliphatic heterocycles. The molecule has 1 atom stereocenters. The van der Waals surface area contributed by atoms with Crippen LogP contribution in [0.2, 0.25) is 0 Å². The third kappa shape index (κ3) is 7.52. The van der Waals surface area contributed by atoms with E-state index < -0.39 is 17.4 Å². The Balaban J connectivity index is 1.51. The second-order valence-corrected chi connectivity index (χ2v) is 9.80. The number of alkyl halides is 2. The molecule has 0 bridgehead atoms. The van der Waals surface area contributed by atoms with Crippen LogP contribution in [-0.2, 0) is 16.1 Å². The van der Waals surface area contributed by atoms with Crippen molar-refractivity contribution in [3.63, 3.8) is 0 Å². The summed E-state index contributed by atoms with van der Waals surface area (Å²) in [4.78, 5) is 11.8. The number of hydrogen-bond donors (Lipinski definition) is 2. The molecule has 3 rings (SSSR count). The minimum absolute atomic E-state index is 0.0500. The molecule has 8 heteroatoms. The molecule has 0 fully saturated rings. The predicted molar refractivity (Wildman–Crippen MR) is 145 cm³/mol. The van der Waals surface area contributed by atoms with E-state index in [2.05, 4.69) is 36.3 Å². The summed E-state index contributed by atoms with van der Waals surface area (Å²) in [6, 6.07) is 8.08. The number of carbonyl (C=O) groups is 1. The summed E-state index contributed by atoms with van der Waals surface area (Å²) in [5, 5.41) is 1.12. The lowest BCUT2D eigenvalue weighted by Crippen LogP contribution is -2.52. The zero-order valence-corrected chi connectivity index (χ0v) is 21.9. The summed E-state index contributed by atoms with van der Waals surface area (Å²) >= 11 is 0. The fraction of sp³-hybridized carbons (Fsp3) is 0.483. The fourth-order valence-electron chi connectivity index (χ4n) is 4.36. The Bertz CT molecular complexity index is 1160. The van der Waals surface area contributed by atoms with Crippen LogP contribution in [0.4, 0.5) is 8.78 Å². The van der Waals surface area contributed by atoms with Crippen LogP contribution in [-0.4, -0.2) is 41.8 Å². The highest BCUT2D eigenvalue weighted by atomic mass is 19.3. The third-order valence-electron chi connectivity index (χ3n) is 6.73. The number of fused-ring (bicyclic) bond motifs is 1. The summed E-state index contributed by atoms with van der Waals surface area (Å²) in [7, 11) is 0. The number of esters is 1. The quantitative estimate of drug-likeness (QED) is 0.247. The normalized spacial score (nSPS) is 15.6. The van der Waals surface area contributed by atoms with Gasteiger partial charge in [-0.05, 0) is 68.9 Å². The molecule has 1 heterocycles. The van der Waals surface area contributed by atoms with Crippen LogP contribution < -0.4 is 16.2 Å². The molecule has 0 saturated heterocycles. The van der Waals surface area contributed by atoms with Crippen LogP contribution in [0.3, 0.4) is 0 Å². The first-order chi connectivity index (χ1) is 17.6. The second kappa shape index (κ2) is 12.5. The van der Waals surface area contributed by atoms with Crippen molar-refractivity contribution >= 4 is 22.4 Å². The van der Waals surface area contributed by atoms with Gasteiger partial charge in [-0.1, -0.05) is 24.8 Å². The molecular formula is C29H39F2N3O3. The van der Waals surface area contributed by atoms with Gasteiger partial charge in [0.25, 0.3) is 0 Å². The van der Waals surface area contributed by atoms with Gasteiger partial charge in [-0.3, -0.25) is 4.79 Å². The average molecular weight is 516 g/mol. The van der Waals surface area contributed by atoms with Gasteiger partial charge in [0.1, 0.15) is 11.3 Å². The van der Waals surface area contributed by atoms with E-state index in [1.807, 2.05) is 24.3 Å². The first-order valence-corrected chi connectivity index (χ1v) is 12.9. The first-order valence-electron chi connectivity index (χ1n) is 12.9. The number of aryl methyl sites for hydroxylation is 1. The molecule has 1 unspecified atom stereocenters. The molecule has 4 N–H and O–H groups in total. The molecule has 0 radical (unpaired) electrons. The van der Waals surface area contributed by atoms with Gasteiger partial charge in [0, 0.05) is 43.1 Å². The molecule has 1 aromatic carbocycles. The van der Waals surface area contributed by atoms with Crippen LogP contribution in [0.15, 0.2) is 54.6 Å². The van der Waals surface area contributed by atoms with Crippen molar-refractivity contribution in [3.05, 3.63) is 60.3 Å². The highest BCUT2D eigenvalue weighted by molar-refractivity contribution is 5.87. The SMILES string of the molecule is C=CC1=CC=C(c2cc3ccc(OCCCC(F)(F)CCCOC(=O)C(C)(N)CN)cc3n2CC)CC1. The van der Waals surface area contributed by atoms with Gasteiger partial charge in [0.2, 0.25) is 5.92 Å². The number of rotatable bonds is 14. The maximum absolute atomic E-state index is 14.2. The number of aromatic nitrogens is 1. The van der Waals surface area contributed by atoms with Gasteiger partial charge in [0.15, 0.2) is 0 Å². The van der Waals surface area contributed by atoms with Crippen molar-refractivity contribution in [1.82, 2.24) is 4.57 Å². The lowest BCUT2D eigenvalue weighted by atomic mass is 9.96. The fourth-order valence-corrected chi connectivity index (χ4v) is 4.36. The Kier molecular flexibility index (Phi) is 9.68. The van der Waals surface area contributed by atoms with Crippen molar-refractivity contribution in [2.24, 2.45) is 11.5 Å². The Morgan fingerprint density at radius 1 is 1.16 bits per heavy atom. The molecule has 2 aromatic rings. The Morgan fingerprint density at radius 2 is 1.89 bits per heavy atom. The van der Waals surface area contributed by atoms with Crippen LogP contribution in [0.25, 0.3) is 16.5 Å². The maximum atomic E-state index is 14.2. The average Bonchev–Trinajstić information content (AvgIpc) is 3.26. The van der Waals surface area contributed by atoms with Gasteiger partial charge < -0.3 is 25.5 Å². The summed E-state index contributed by atoms with van der Waals surface area (Å²) in [5.41, 5.74) is 14.6. The van der Waals surface area contributed by atoms with E-state index in [9.17, 15) is 13.6 Å². The molecular weight excluding hydrogens is 476 g/mol. The highest BCUT2D eigenvalue weighted by Gasteiger charge is 2.30. The Hall–Kier alpha value is -2.97. The van der Waals surface area contributed by atoms with E-state index in [-0.39, 0.29) is 45.4 Å². The van der Waals surface area contributed by atoms with E-state index in [0.717, 1.165) is 30.3 Å². The van der Waals surface area contributed by atoms with Gasteiger partial charge >= 0.3 is 5.97 Å². The minimum atomic E-state index is -2.86. The maximum Gasteiger partial charge on any atom is 0.327 e. The zero-order chi connectivity index (χ0) is 27.1. The number of ether oxygens (including phenoxy) is 2. The van der Waals surface area contributed by atoms with Crippen LogP contribution in [0.1, 0.15) is 58.1 Å².